The van der Waals surface area contributed by atoms with E-state index in [1.54, 1.807) is 26.2 Å². The van der Waals surface area contributed by atoms with Crippen LogP contribution in [-0.2, 0) is 6.54 Å². The van der Waals surface area contributed by atoms with Crippen LogP contribution in [0, 0.1) is 0 Å². The Morgan fingerprint density at radius 1 is 1.25 bits per heavy atom. The number of benzene rings is 1. The highest BCUT2D eigenvalue weighted by atomic mass is 16.2. The highest BCUT2D eigenvalue weighted by Crippen LogP contribution is 2.15. The van der Waals surface area contributed by atoms with Crippen LogP contribution in [0.25, 0.3) is 0 Å². The molecule has 6 heteroatoms. The van der Waals surface area contributed by atoms with E-state index in [4.69, 9.17) is 5.73 Å². The van der Waals surface area contributed by atoms with Crippen LogP contribution in [-0.4, -0.2) is 35.1 Å². The molecule has 20 heavy (non-hydrogen) atoms. The molecule has 0 unspecified atom stereocenters. The molecule has 3 N–H and O–H groups in total. The SMILES string of the molecule is CN(C)C(=O)c1ccc(Nc2cccc(CN)c2)nn1. The molecule has 0 saturated heterocycles. The number of carbonyl (C=O) groups excluding carboxylic acids is 1. The van der Waals surface area contributed by atoms with Gasteiger partial charge < -0.3 is 16.0 Å². The van der Waals surface area contributed by atoms with Crippen molar-refractivity contribution in [2.45, 2.75) is 6.54 Å². The molecule has 1 aromatic heterocycles. The molecule has 6 nitrogen and oxygen atoms in total. The van der Waals surface area contributed by atoms with Gasteiger partial charge in [-0.15, -0.1) is 10.2 Å². The van der Waals surface area contributed by atoms with Gasteiger partial charge in [-0.3, -0.25) is 4.79 Å². The van der Waals surface area contributed by atoms with Gasteiger partial charge in [-0.1, -0.05) is 12.1 Å². The zero-order valence-corrected chi connectivity index (χ0v) is 11.5. The predicted octanol–water partition coefficient (Wildman–Crippen LogP) is 1.38. The molecule has 0 saturated carbocycles. The van der Waals surface area contributed by atoms with Crippen LogP contribution in [0.2, 0.25) is 0 Å². The van der Waals surface area contributed by atoms with E-state index in [-0.39, 0.29) is 5.91 Å². The lowest BCUT2D eigenvalue weighted by Gasteiger charge is -2.10. The Labute approximate surface area is 117 Å². The number of nitrogens with two attached hydrogens (primary N) is 1. The predicted molar refractivity (Wildman–Crippen MR) is 77.7 cm³/mol. The van der Waals surface area contributed by atoms with Gasteiger partial charge in [-0.25, -0.2) is 0 Å². The summed E-state index contributed by atoms with van der Waals surface area (Å²) in [5.41, 5.74) is 7.82. The molecule has 0 fully saturated rings. The number of hydrogen-bond donors (Lipinski definition) is 2. The molecule has 0 spiro atoms. The minimum absolute atomic E-state index is 0.172. The van der Waals surface area contributed by atoms with Crippen molar-refractivity contribution in [2.24, 2.45) is 5.73 Å². The second kappa shape index (κ2) is 6.12. The van der Waals surface area contributed by atoms with E-state index < -0.39 is 0 Å². The van der Waals surface area contributed by atoms with E-state index in [1.165, 1.54) is 4.90 Å². The standard InChI is InChI=1S/C14H17N5O/c1-19(2)14(20)12-6-7-13(18-17-12)16-11-5-3-4-10(8-11)9-15/h3-8H,9,15H2,1-2H3,(H,16,18). The molecule has 2 rings (SSSR count). The number of carbonyl (C=O) groups is 1. The Hall–Kier alpha value is -2.47. The van der Waals surface area contributed by atoms with E-state index in [9.17, 15) is 4.79 Å². The number of rotatable bonds is 4. The van der Waals surface area contributed by atoms with Crippen LogP contribution in [0.1, 0.15) is 16.1 Å². The van der Waals surface area contributed by atoms with Crippen molar-refractivity contribution in [1.82, 2.24) is 15.1 Å². The topological polar surface area (TPSA) is 84.1 Å². The molecular weight excluding hydrogens is 254 g/mol. The van der Waals surface area contributed by atoms with E-state index in [1.807, 2.05) is 24.3 Å². The summed E-state index contributed by atoms with van der Waals surface area (Å²) >= 11 is 0. The fourth-order valence-corrected chi connectivity index (χ4v) is 1.67. The smallest absolute Gasteiger partial charge is 0.273 e. The van der Waals surface area contributed by atoms with Crippen molar-refractivity contribution in [2.75, 3.05) is 19.4 Å². The largest absolute Gasteiger partial charge is 0.343 e. The Kier molecular flexibility index (Phi) is 4.27. The number of amides is 1. The second-order valence-corrected chi connectivity index (χ2v) is 4.53. The number of aromatic nitrogens is 2. The first-order valence-electron chi connectivity index (χ1n) is 6.21. The average molecular weight is 271 g/mol. The summed E-state index contributed by atoms with van der Waals surface area (Å²) in [5, 5.41) is 11.0. The molecule has 1 amide bonds. The zero-order valence-electron chi connectivity index (χ0n) is 11.5. The maximum atomic E-state index is 11.7. The number of nitrogens with zero attached hydrogens (tertiary/aromatic N) is 3. The van der Waals surface area contributed by atoms with Crippen molar-refractivity contribution in [1.29, 1.82) is 0 Å². The third kappa shape index (κ3) is 3.30. The highest BCUT2D eigenvalue weighted by Gasteiger charge is 2.10. The molecule has 0 radical (unpaired) electrons. The molecule has 0 aliphatic heterocycles. The van der Waals surface area contributed by atoms with Crippen LogP contribution < -0.4 is 11.1 Å². The number of hydrogen-bond acceptors (Lipinski definition) is 5. The third-order valence-corrected chi connectivity index (χ3v) is 2.72. The van der Waals surface area contributed by atoms with Crippen molar-refractivity contribution in [3.63, 3.8) is 0 Å². The van der Waals surface area contributed by atoms with E-state index >= 15 is 0 Å². The summed E-state index contributed by atoms with van der Waals surface area (Å²) in [6.07, 6.45) is 0. The monoisotopic (exact) mass is 271 g/mol. The minimum Gasteiger partial charge on any atom is -0.343 e. The van der Waals surface area contributed by atoms with Crippen molar-refractivity contribution in [3.05, 3.63) is 47.7 Å². The molecule has 0 bridgehead atoms. The number of anilines is 2. The van der Waals surface area contributed by atoms with Gasteiger partial charge in [0.05, 0.1) is 0 Å². The molecule has 0 atom stereocenters. The van der Waals surface area contributed by atoms with E-state index in [0.717, 1.165) is 11.3 Å². The average Bonchev–Trinajstić information content (AvgIpc) is 2.47. The molecule has 104 valence electrons. The van der Waals surface area contributed by atoms with Crippen molar-refractivity contribution >= 4 is 17.4 Å². The van der Waals surface area contributed by atoms with Gasteiger partial charge in [0.25, 0.3) is 5.91 Å². The normalized spacial score (nSPS) is 10.2. The van der Waals surface area contributed by atoms with Crippen molar-refractivity contribution < 1.29 is 4.79 Å². The zero-order chi connectivity index (χ0) is 14.5. The quantitative estimate of drug-likeness (QED) is 0.877. The first-order valence-corrected chi connectivity index (χ1v) is 6.21. The summed E-state index contributed by atoms with van der Waals surface area (Å²) < 4.78 is 0. The molecular formula is C14H17N5O. The maximum absolute atomic E-state index is 11.7. The van der Waals surface area contributed by atoms with Gasteiger partial charge in [0.1, 0.15) is 0 Å². The molecule has 2 aromatic rings. The summed E-state index contributed by atoms with van der Waals surface area (Å²) in [6.45, 7) is 0.484. The van der Waals surface area contributed by atoms with Crippen molar-refractivity contribution in [3.8, 4) is 0 Å². The van der Waals surface area contributed by atoms with Crippen LogP contribution in [0.5, 0.6) is 0 Å². The minimum atomic E-state index is -0.172. The lowest BCUT2D eigenvalue weighted by molar-refractivity contribution is 0.0821. The van der Waals surface area contributed by atoms with Crippen LogP contribution in [0.3, 0.4) is 0 Å². The Morgan fingerprint density at radius 3 is 2.65 bits per heavy atom. The summed E-state index contributed by atoms with van der Waals surface area (Å²) in [7, 11) is 3.35. The fraction of sp³-hybridized carbons (Fsp3) is 0.214. The van der Waals surface area contributed by atoms with Crippen LogP contribution >= 0.6 is 0 Å². The summed E-state index contributed by atoms with van der Waals surface area (Å²) in [4.78, 5) is 13.1. The van der Waals surface area contributed by atoms with Gasteiger partial charge in [-0.2, -0.15) is 0 Å². The summed E-state index contributed by atoms with van der Waals surface area (Å²) in [6, 6.07) is 11.1. The Morgan fingerprint density at radius 2 is 2.05 bits per heavy atom. The van der Waals surface area contributed by atoms with Crippen LogP contribution in [0.15, 0.2) is 36.4 Å². The molecule has 1 aromatic carbocycles. The second-order valence-electron chi connectivity index (χ2n) is 4.53. The van der Waals surface area contributed by atoms with Crippen LogP contribution in [0.4, 0.5) is 11.5 Å². The van der Waals surface area contributed by atoms with E-state index in [2.05, 4.69) is 15.5 Å². The van der Waals surface area contributed by atoms with Gasteiger partial charge in [0, 0.05) is 26.3 Å². The fourth-order valence-electron chi connectivity index (χ4n) is 1.67. The summed E-state index contributed by atoms with van der Waals surface area (Å²) in [5.74, 6) is 0.406. The highest BCUT2D eigenvalue weighted by molar-refractivity contribution is 5.91. The third-order valence-electron chi connectivity index (χ3n) is 2.72. The molecule has 0 aliphatic rings. The van der Waals surface area contributed by atoms with E-state index in [0.29, 0.717) is 18.1 Å². The lowest BCUT2D eigenvalue weighted by atomic mass is 10.2. The van der Waals surface area contributed by atoms with Gasteiger partial charge >= 0.3 is 0 Å². The lowest BCUT2D eigenvalue weighted by Crippen LogP contribution is -2.23. The van der Waals surface area contributed by atoms with Gasteiger partial charge in [0.15, 0.2) is 11.5 Å². The Bertz CT molecular complexity index is 595. The first kappa shape index (κ1) is 14.0. The first-order chi connectivity index (χ1) is 9.60. The van der Waals surface area contributed by atoms with Gasteiger partial charge in [-0.05, 0) is 29.8 Å². The van der Waals surface area contributed by atoms with Gasteiger partial charge in [0.2, 0.25) is 0 Å². The Balaban J connectivity index is 2.12. The number of nitrogens with one attached hydrogen (secondary N) is 1. The molecule has 1 heterocycles. The molecule has 0 aliphatic carbocycles. The maximum Gasteiger partial charge on any atom is 0.273 e.